The van der Waals surface area contributed by atoms with Gasteiger partial charge in [0, 0.05) is 25.3 Å². The number of methoxy groups -OCH3 is 1. The summed E-state index contributed by atoms with van der Waals surface area (Å²) < 4.78 is 37.1. The molecule has 0 atom stereocenters. The predicted molar refractivity (Wildman–Crippen MR) is 123 cm³/mol. The Morgan fingerprint density at radius 3 is 2.31 bits per heavy atom. The largest absolute Gasteiger partial charge is 0.497 e. The van der Waals surface area contributed by atoms with Gasteiger partial charge in [-0.15, -0.1) is 0 Å². The number of carbonyl (C=O) groups is 2. The molecule has 1 aromatic carbocycles. The number of hydrogen-bond donors (Lipinski definition) is 1. The summed E-state index contributed by atoms with van der Waals surface area (Å²) in [6, 6.07) is 14.0. The summed E-state index contributed by atoms with van der Waals surface area (Å²) in [5.74, 6) is -1.76. The van der Waals surface area contributed by atoms with Crippen molar-refractivity contribution in [2.24, 2.45) is 5.41 Å². The molecule has 1 amide bonds. The Hall–Kier alpha value is -3.14. The first-order valence-corrected chi connectivity index (χ1v) is 11.4. The Bertz CT molecular complexity index is 1040. The van der Waals surface area contributed by atoms with Crippen LogP contribution < -0.4 is 4.74 Å². The minimum absolute atomic E-state index is 0.0828. The van der Waals surface area contributed by atoms with Crippen LogP contribution in [0.1, 0.15) is 41.0 Å². The van der Waals surface area contributed by atoms with E-state index < -0.39 is 12.1 Å². The number of ether oxygens (including phenoxy) is 1. The highest BCUT2D eigenvalue weighted by Gasteiger charge is 2.42. The molecule has 0 bridgehead atoms. The van der Waals surface area contributed by atoms with E-state index in [4.69, 9.17) is 14.6 Å². The number of pyridine rings is 1. The molecule has 4 rings (SSSR count). The van der Waals surface area contributed by atoms with Crippen molar-refractivity contribution in [1.82, 2.24) is 14.8 Å². The minimum Gasteiger partial charge on any atom is -0.497 e. The molecule has 0 unspecified atom stereocenters. The highest BCUT2D eigenvalue weighted by Crippen LogP contribution is 2.41. The van der Waals surface area contributed by atoms with Gasteiger partial charge in [0.1, 0.15) is 11.4 Å². The van der Waals surface area contributed by atoms with Crippen LogP contribution in [0.15, 0.2) is 42.5 Å². The quantitative estimate of drug-likeness (QED) is 0.689. The number of alkyl halides is 3. The molecule has 0 radical (unpaired) electrons. The number of amides is 1. The fourth-order valence-electron chi connectivity index (χ4n) is 4.56. The van der Waals surface area contributed by atoms with E-state index in [2.05, 4.69) is 28.1 Å². The number of rotatable bonds is 4. The lowest BCUT2D eigenvalue weighted by Gasteiger charge is -2.39. The molecular weight excluding hydrogens is 463 g/mol. The van der Waals surface area contributed by atoms with E-state index in [-0.39, 0.29) is 11.3 Å². The summed E-state index contributed by atoms with van der Waals surface area (Å²) in [6.45, 7) is 6.78. The Balaban J connectivity index is 0.000000429. The normalized spacial score (nSPS) is 17.6. The number of carboxylic acid groups (broad SMARTS) is 1. The van der Waals surface area contributed by atoms with Crippen molar-refractivity contribution in [3.8, 4) is 5.75 Å². The second-order valence-corrected chi connectivity index (χ2v) is 9.07. The summed E-state index contributed by atoms with van der Waals surface area (Å²) in [5.41, 5.74) is 3.05. The third kappa shape index (κ3) is 7.17. The first kappa shape index (κ1) is 26.5. The number of halogens is 3. The molecule has 2 saturated heterocycles. The molecule has 10 heteroatoms. The molecule has 7 nitrogen and oxygen atoms in total. The van der Waals surface area contributed by atoms with Crippen LogP contribution in [0.3, 0.4) is 0 Å². The lowest BCUT2D eigenvalue weighted by atomic mass is 9.77. The second kappa shape index (κ2) is 11.1. The summed E-state index contributed by atoms with van der Waals surface area (Å²) in [6.07, 6.45) is -1.67. The molecule has 0 aliphatic carbocycles. The monoisotopic (exact) mass is 493 g/mol. The Labute approximate surface area is 202 Å². The zero-order valence-electron chi connectivity index (χ0n) is 19.8. The number of benzene rings is 1. The van der Waals surface area contributed by atoms with Crippen LogP contribution in [0.2, 0.25) is 0 Å². The number of carboxylic acids is 1. The van der Waals surface area contributed by atoms with E-state index in [1.54, 1.807) is 7.11 Å². The van der Waals surface area contributed by atoms with Gasteiger partial charge in [-0.2, -0.15) is 13.2 Å². The number of hydrogen-bond acceptors (Lipinski definition) is 5. The smallest absolute Gasteiger partial charge is 0.490 e. The zero-order valence-corrected chi connectivity index (χ0v) is 19.8. The van der Waals surface area contributed by atoms with E-state index in [9.17, 15) is 18.0 Å². The molecule has 2 aromatic rings. The maximum absolute atomic E-state index is 12.8. The summed E-state index contributed by atoms with van der Waals surface area (Å²) in [4.78, 5) is 30.7. The number of aliphatic carboxylic acids is 1. The third-order valence-corrected chi connectivity index (χ3v) is 6.53. The van der Waals surface area contributed by atoms with Crippen LogP contribution >= 0.6 is 0 Å². The topological polar surface area (TPSA) is 83.0 Å². The van der Waals surface area contributed by atoms with E-state index >= 15 is 0 Å². The van der Waals surface area contributed by atoms with E-state index in [1.807, 2.05) is 36.1 Å². The number of nitrogens with zero attached hydrogens (tertiary/aromatic N) is 3. The highest BCUT2D eigenvalue weighted by atomic mass is 19.4. The van der Waals surface area contributed by atoms with Crippen LogP contribution in [-0.2, 0) is 11.3 Å². The Morgan fingerprint density at radius 2 is 1.71 bits per heavy atom. The molecule has 3 heterocycles. The van der Waals surface area contributed by atoms with Gasteiger partial charge in [0.05, 0.1) is 7.11 Å². The molecule has 2 aliphatic rings. The van der Waals surface area contributed by atoms with Crippen LogP contribution in [0.4, 0.5) is 13.2 Å². The van der Waals surface area contributed by atoms with Crippen molar-refractivity contribution in [2.75, 3.05) is 33.3 Å². The first-order valence-electron chi connectivity index (χ1n) is 11.4. The maximum Gasteiger partial charge on any atom is 0.490 e. The summed E-state index contributed by atoms with van der Waals surface area (Å²) >= 11 is 0. The van der Waals surface area contributed by atoms with Crippen LogP contribution in [0.25, 0.3) is 0 Å². The van der Waals surface area contributed by atoms with Gasteiger partial charge in [0.25, 0.3) is 5.91 Å². The van der Waals surface area contributed by atoms with Crippen molar-refractivity contribution >= 4 is 11.9 Å². The van der Waals surface area contributed by atoms with Crippen molar-refractivity contribution < 1.29 is 32.6 Å². The summed E-state index contributed by atoms with van der Waals surface area (Å²) in [7, 11) is 1.71. The van der Waals surface area contributed by atoms with Crippen molar-refractivity contribution in [3.63, 3.8) is 0 Å². The van der Waals surface area contributed by atoms with Gasteiger partial charge in [0.15, 0.2) is 0 Å². The van der Waals surface area contributed by atoms with Gasteiger partial charge in [0.2, 0.25) is 0 Å². The van der Waals surface area contributed by atoms with Gasteiger partial charge in [-0.25, -0.2) is 9.78 Å². The molecule has 2 fully saturated rings. The van der Waals surface area contributed by atoms with Crippen molar-refractivity contribution in [1.29, 1.82) is 0 Å². The Morgan fingerprint density at radius 1 is 1.09 bits per heavy atom. The minimum atomic E-state index is -5.08. The van der Waals surface area contributed by atoms with Crippen molar-refractivity contribution in [2.45, 2.75) is 38.9 Å². The molecule has 0 saturated carbocycles. The van der Waals surface area contributed by atoms with Gasteiger partial charge >= 0.3 is 12.1 Å². The fourth-order valence-corrected chi connectivity index (χ4v) is 4.56. The Kier molecular flexibility index (Phi) is 8.37. The lowest BCUT2D eigenvalue weighted by molar-refractivity contribution is -0.192. The van der Waals surface area contributed by atoms with Crippen LogP contribution in [0.5, 0.6) is 5.75 Å². The van der Waals surface area contributed by atoms with Crippen LogP contribution in [0, 0.1) is 12.3 Å². The van der Waals surface area contributed by atoms with E-state index in [1.165, 1.54) is 5.56 Å². The van der Waals surface area contributed by atoms with Gasteiger partial charge in [-0.3, -0.25) is 9.69 Å². The molecule has 1 aromatic heterocycles. The average molecular weight is 494 g/mol. The third-order valence-electron chi connectivity index (χ3n) is 6.53. The summed E-state index contributed by atoms with van der Waals surface area (Å²) in [5, 5.41) is 7.12. The highest BCUT2D eigenvalue weighted by molar-refractivity contribution is 5.92. The van der Waals surface area contributed by atoms with E-state index in [0.29, 0.717) is 5.69 Å². The number of likely N-dealkylation sites (tertiary alicyclic amines) is 2. The van der Waals surface area contributed by atoms with Gasteiger partial charge in [-0.1, -0.05) is 18.2 Å². The molecule has 2 aliphatic heterocycles. The zero-order chi connectivity index (χ0) is 25.6. The second-order valence-electron chi connectivity index (χ2n) is 9.07. The van der Waals surface area contributed by atoms with Gasteiger partial charge in [-0.05, 0) is 74.5 Å². The van der Waals surface area contributed by atoms with Crippen LogP contribution in [-0.4, -0.2) is 71.2 Å². The predicted octanol–water partition coefficient (Wildman–Crippen LogP) is 4.16. The molecule has 35 heavy (non-hydrogen) atoms. The average Bonchev–Trinajstić information content (AvgIpc) is 3.24. The molecule has 1 spiro atoms. The number of carbonyl (C=O) groups excluding carboxylic acids is 1. The van der Waals surface area contributed by atoms with Gasteiger partial charge < -0.3 is 14.7 Å². The number of aromatic nitrogens is 1. The maximum atomic E-state index is 12.8. The molecule has 190 valence electrons. The molecule has 1 N–H and O–H groups in total. The fraction of sp³-hybridized carbons (Fsp3) is 0.480. The number of piperidine rings is 1. The first-order chi connectivity index (χ1) is 16.5. The van der Waals surface area contributed by atoms with Crippen molar-refractivity contribution in [3.05, 3.63) is 59.4 Å². The number of aryl methyl sites for hydroxylation is 1. The molecular formula is C25H30F3N3O4. The van der Waals surface area contributed by atoms with E-state index in [0.717, 1.165) is 63.4 Å². The SMILES string of the molecule is COc1cccc(CN2CCC3(CC2)CCN(C(=O)c2cccc(C)n2)C3)c1.O=C(O)C(F)(F)F. The lowest BCUT2D eigenvalue weighted by Crippen LogP contribution is -2.42. The standard InChI is InChI=1S/C23H29N3O2.C2HF3O2/c1-18-5-3-8-21(24-18)22(27)26-14-11-23(17-26)9-12-25(13-10-23)16-19-6-4-7-20(15-19)28-2;3-2(4,5)1(6)7/h3-8,15H,9-14,16-17H2,1-2H3;(H,6,7).